The zero-order valence-corrected chi connectivity index (χ0v) is 13.2. The summed E-state index contributed by atoms with van der Waals surface area (Å²) in [7, 11) is 0. The number of carbonyl (C=O) groups excluding carboxylic acids is 1. The lowest BCUT2D eigenvalue weighted by Crippen LogP contribution is -2.42. The summed E-state index contributed by atoms with van der Waals surface area (Å²) in [5.41, 5.74) is 3.27. The summed E-state index contributed by atoms with van der Waals surface area (Å²) in [5, 5.41) is 6.75. The maximum atomic E-state index is 12.4. The lowest BCUT2D eigenvalue weighted by atomic mass is 9.95. The molecular weight excluding hydrogens is 284 g/mol. The van der Waals surface area contributed by atoms with E-state index in [0.717, 1.165) is 18.4 Å². The van der Waals surface area contributed by atoms with Crippen LogP contribution in [-0.2, 0) is 6.42 Å². The van der Waals surface area contributed by atoms with Crippen molar-refractivity contribution in [1.29, 1.82) is 0 Å². The van der Waals surface area contributed by atoms with Crippen molar-refractivity contribution in [3.63, 3.8) is 0 Å². The number of fused-ring (bicyclic) bond motifs is 2. The summed E-state index contributed by atoms with van der Waals surface area (Å²) in [6.07, 6.45) is 4.42. The second-order valence-electron chi connectivity index (χ2n) is 6.72. The first-order chi connectivity index (χ1) is 11.3. The molecule has 2 heterocycles. The van der Waals surface area contributed by atoms with Crippen LogP contribution in [-0.4, -0.2) is 24.0 Å². The topological polar surface area (TPSA) is 41.1 Å². The maximum absolute atomic E-state index is 12.4. The van der Waals surface area contributed by atoms with E-state index in [9.17, 15) is 4.79 Å². The summed E-state index contributed by atoms with van der Waals surface area (Å²) in [6.45, 7) is 0. The fourth-order valence-corrected chi connectivity index (χ4v) is 3.84. The molecule has 2 bridgehead atoms. The Morgan fingerprint density at radius 1 is 1.00 bits per heavy atom. The average molecular weight is 306 g/mol. The molecule has 1 amide bonds. The van der Waals surface area contributed by atoms with Gasteiger partial charge in [-0.2, -0.15) is 0 Å². The van der Waals surface area contributed by atoms with Crippen molar-refractivity contribution in [2.45, 2.75) is 43.8 Å². The predicted octanol–water partition coefficient (Wildman–Crippen LogP) is 2.90. The Morgan fingerprint density at radius 2 is 1.74 bits per heavy atom. The van der Waals surface area contributed by atoms with Crippen molar-refractivity contribution in [2.75, 3.05) is 0 Å². The van der Waals surface area contributed by atoms with Gasteiger partial charge >= 0.3 is 0 Å². The maximum Gasteiger partial charge on any atom is 0.251 e. The van der Waals surface area contributed by atoms with Gasteiger partial charge in [-0.3, -0.25) is 4.79 Å². The van der Waals surface area contributed by atoms with Crippen LogP contribution in [0.1, 0.15) is 40.7 Å². The van der Waals surface area contributed by atoms with Gasteiger partial charge in [0.2, 0.25) is 0 Å². The fourth-order valence-electron chi connectivity index (χ4n) is 3.84. The molecule has 0 saturated carbocycles. The highest BCUT2D eigenvalue weighted by Gasteiger charge is 2.39. The van der Waals surface area contributed by atoms with Gasteiger partial charge < -0.3 is 10.6 Å². The van der Waals surface area contributed by atoms with Gasteiger partial charge in [0.05, 0.1) is 0 Å². The Morgan fingerprint density at radius 3 is 2.39 bits per heavy atom. The molecule has 0 spiro atoms. The zero-order valence-electron chi connectivity index (χ0n) is 13.2. The van der Waals surface area contributed by atoms with Gasteiger partial charge in [0.1, 0.15) is 0 Å². The number of nitrogens with one attached hydrogen (secondary N) is 2. The minimum absolute atomic E-state index is 0.0515. The van der Waals surface area contributed by atoms with Gasteiger partial charge in [0.15, 0.2) is 0 Å². The number of carbonyl (C=O) groups is 1. The van der Waals surface area contributed by atoms with Crippen molar-refractivity contribution in [1.82, 2.24) is 10.6 Å². The summed E-state index contributed by atoms with van der Waals surface area (Å²) in [6, 6.07) is 19.8. The van der Waals surface area contributed by atoms with E-state index in [4.69, 9.17) is 0 Å². The lowest BCUT2D eigenvalue weighted by Gasteiger charge is -2.21. The lowest BCUT2D eigenvalue weighted by molar-refractivity contribution is 0.0931. The van der Waals surface area contributed by atoms with E-state index < -0.39 is 0 Å². The third-order valence-corrected chi connectivity index (χ3v) is 5.08. The first-order valence-electron chi connectivity index (χ1n) is 8.48. The quantitative estimate of drug-likeness (QED) is 0.912. The number of amides is 1. The summed E-state index contributed by atoms with van der Waals surface area (Å²) >= 11 is 0. The van der Waals surface area contributed by atoms with Crippen LogP contribution in [0.2, 0.25) is 0 Å². The normalized spacial score (nSPS) is 25.5. The largest absolute Gasteiger partial charge is 0.348 e. The molecule has 23 heavy (non-hydrogen) atoms. The van der Waals surface area contributed by atoms with E-state index in [1.807, 2.05) is 18.2 Å². The van der Waals surface area contributed by atoms with Crippen molar-refractivity contribution >= 4 is 5.91 Å². The van der Waals surface area contributed by atoms with E-state index in [-0.39, 0.29) is 5.91 Å². The second kappa shape index (κ2) is 6.17. The van der Waals surface area contributed by atoms with Crippen molar-refractivity contribution in [3.05, 3.63) is 71.3 Å². The van der Waals surface area contributed by atoms with Crippen molar-refractivity contribution in [2.24, 2.45) is 0 Å². The highest BCUT2D eigenvalue weighted by Crippen LogP contribution is 2.28. The fraction of sp³-hybridized carbons (Fsp3) is 0.350. The average Bonchev–Trinajstić information content (AvgIpc) is 3.19. The molecular formula is C20H22N2O. The van der Waals surface area contributed by atoms with Gasteiger partial charge in [0.25, 0.3) is 5.91 Å². The SMILES string of the molecule is O=C(N[C@@H]1C[C@H]2CC[C@@H]1N2)c1ccc(Cc2ccccc2)cc1. The molecule has 118 valence electrons. The second-order valence-corrected chi connectivity index (χ2v) is 6.72. The molecule has 2 aliphatic rings. The Balaban J connectivity index is 1.38. The van der Waals surface area contributed by atoms with Crippen LogP contribution in [0.25, 0.3) is 0 Å². The van der Waals surface area contributed by atoms with Crippen LogP contribution in [0.3, 0.4) is 0 Å². The number of rotatable bonds is 4. The summed E-state index contributed by atoms with van der Waals surface area (Å²) < 4.78 is 0. The first-order valence-corrected chi connectivity index (χ1v) is 8.48. The molecule has 2 aromatic carbocycles. The van der Waals surface area contributed by atoms with Crippen LogP contribution in [0, 0.1) is 0 Å². The molecule has 3 heteroatoms. The minimum atomic E-state index is 0.0515. The third-order valence-electron chi connectivity index (χ3n) is 5.08. The Hall–Kier alpha value is -2.13. The molecule has 3 nitrogen and oxygen atoms in total. The summed E-state index contributed by atoms with van der Waals surface area (Å²) in [5.74, 6) is 0.0515. The minimum Gasteiger partial charge on any atom is -0.348 e. The predicted molar refractivity (Wildman–Crippen MR) is 91.5 cm³/mol. The van der Waals surface area contributed by atoms with E-state index in [0.29, 0.717) is 18.1 Å². The zero-order chi connectivity index (χ0) is 15.6. The molecule has 4 rings (SSSR count). The molecule has 3 atom stereocenters. The van der Waals surface area contributed by atoms with Gasteiger partial charge in [0, 0.05) is 23.7 Å². The molecule has 0 aliphatic carbocycles. The Bertz CT molecular complexity index is 681. The summed E-state index contributed by atoms with van der Waals surface area (Å²) in [4.78, 5) is 12.4. The Labute approximate surface area is 137 Å². The van der Waals surface area contributed by atoms with E-state index in [2.05, 4.69) is 47.0 Å². The van der Waals surface area contributed by atoms with Gasteiger partial charge in [-0.1, -0.05) is 42.5 Å². The highest BCUT2D eigenvalue weighted by molar-refractivity contribution is 5.94. The molecule has 2 saturated heterocycles. The monoisotopic (exact) mass is 306 g/mol. The first kappa shape index (κ1) is 14.5. The molecule has 2 aliphatic heterocycles. The molecule has 0 unspecified atom stereocenters. The molecule has 0 radical (unpaired) electrons. The highest BCUT2D eigenvalue weighted by atomic mass is 16.1. The number of hydrogen-bond acceptors (Lipinski definition) is 2. The standard InChI is InChI=1S/C20H22N2O/c23-20(22-19-13-17-10-11-18(19)21-17)16-8-6-15(7-9-16)12-14-4-2-1-3-5-14/h1-9,17-19,21H,10-13H2,(H,22,23)/t17-,18+,19-/m1/s1. The van der Waals surface area contributed by atoms with Crippen molar-refractivity contribution < 1.29 is 4.79 Å². The molecule has 2 aromatic rings. The van der Waals surface area contributed by atoms with Crippen molar-refractivity contribution in [3.8, 4) is 0 Å². The van der Waals surface area contributed by atoms with Gasteiger partial charge in [-0.25, -0.2) is 0 Å². The van der Waals surface area contributed by atoms with Crippen LogP contribution in [0.15, 0.2) is 54.6 Å². The smallest absolute Gasteiger partial charge is 0.251 e. The molecule has 2 fully saturated rings. The van der Waals surface area contributed by atoms with Gasteiger partial charge in [-0.15, -0.1) is 0 Å². The molecule has 0 aromatic heterocycles. The van der Waals surface area contributed by atoms with E-state index in [1.165, 1.54) is 24.0 Å². The number of hydrogen-bond donors (Lipinski definition) is 2. The third kappa shape index (κ3) is 3.15. The van der Waals surface area contributed by atoms with Crippen LogP contribution in [0.5, 0.6) is 0 Å². The van der Waals surface area contributed by atoms with Crippen LogP contribution < -0.4 is 10.6 Å². The van der Waals surface area contributed by atoms with Crippen LogP contribution in [0.4, 0.5) is 0 Å². The van der Waals surface area contributed by atoms with Crippen LogP contribution >= 0.6 is 0 Å². The number of benzene rings is 2. The van der Waals surface area contributed by atoms with Gasteiger partial charge in [-0.05, 0) is 48.9 Å². The van der Waals surface area contributed by atoms with E-state index >= 15 is 0 Å². The van der Waals surface area contributed by atoms with E-state index in [1.54, 1.807) is 0 Å². The molecule has 2 N–H and O–H groups in total. The Kier molecular flexibility index (Phi) is 3.88.